The van der Waals surface area contributed by atoms with Crippen molar-refractivity contribution in [3.05, 3.63) is 29.6 Å². The molecule has 1 fully saturated rings. The Morgan fingerprint density at radius 1 is 1.30 bits per heavy atom. The first kappa shape index (κ1) is 20.2. The van der Waals surface area contributed by atoms with Crippen LogP contribution in [-0.2, 0) is 14.8 Å². The van der Waals surface area contributed by atoms with Crippen LogP contribution in [0.3, 0.4) is 0 Å². The van der Waals surface area contributed by atoms with Crippen molar-refractivity contribution >= 4 is 22.4 Å². The van der Waals surface area contributed by atoms with Crippen molar-refractivity contribution in [2.24, 2.45) is 5.73 Å². The maximum atomic E-state index is 13.8. The fourth-order valence-electron chi connectivity index (χ4n) is 2.63. The second-order valence-corrected chi connectivity index (χ2v) is 6.91. The molecule has 1 heterocycles. The van der Waals surface area contributed by atoms with E-state index in [-0.39, 0.29) is 31.6 Å². The molecule has 2 N–H and O–H groups in total. The first-order chi connectivity index (χ1) is 10.3. The summed E-state index contributed by atoms with van der Waals surface area (Å²) in [4.78, 5) is -1.15. The predicted octanol–water partition coefficient (Wildman–Crippen LogP) is 1.65. The van der Waals surface area contributed by atoms with Crippen LogP contribution in [0, 0.1) is 17.5 Å². The van der Waals surface area contributed by atoms with Gasteiger partial charge in [0.2, 0.25) is 10.0 Å². The Morgan fingerprint density at radius 3 is 2.35 bits per heavy atom. The third kappa shape index (κ3) is 3.97. The SMILES string of the molecule is COC1CCN(S(=O)(=O)c2c(F)cc(F)cc2F)C(CN)C1.Cl. The zero-order valence-electron chi connectivity index (χ0n) is 12.3. The topological polar surface area (TPSA) is 72.6 Å². The van der Waals surface area contributed by atoms with Crippen LogP contribution in [0.5, 0.6) is 0 Å². The molecule has 0 saturated carbocycles. The minimum atomic E-state index is -4.45. The third-order valence-electron chi connectivity index (χ3n) is 3.75. The number of rotatable bonds is 4. The molecule has 1 aliphatic heterocycles. The number of nitrogens with two attached hydrogens (primary N) is 1. The highest BCUT2D eigenvalue weighted by atomic mass is 35.5. The van der Waals surface area contributed by atoms with E-state index in [1.54, 1.807) is 0 Å². The molecule has 5 nitrogen and oxygen atoms in total. The van der Waals surface area contributed by atoms with Gasteiger partial charge in [-0.3, -0.25) is 0 Å². The van der Waals surface area contributed by atoms with Crippen LogP contribution in [0.4, 0.5) is 13.2 Å². The number of halogens is 4. The molecule has 0 radical (unpaired) electrons. The lowest BCUT2D eigenvalue weighted by Gasteiger charge is -2.37. The van der Waals surface area contributed by atoms with E-state index in [0.717, 1.165) is 4.31 Å². The van der Waals surface area contributed by atoms with Crippen LogP contribution < -0.4 is 5.73 Å². The molecule has 0 aliphatic carbocycles. The molecule has 1 aromatic carbocycles. The Hall–Kier alpha value is -0.870. The summed E-state index contributed by atoms with van der Waals surface area (Å²) in [6, 6.07) is 0.0533. The Kier molecular flexibility index (Phi) is 6.84. The second-order valence-electron chi connectivity index (χ2n) is 5.09. The molecule has 1 aliphatic rings. The van der Waals surface area contributed by atoms with Crippen LogP contribution >= 0.6 is 12.4 Å². The average Bonchev–Trinajstić information content (AvgIpc) is 2.44. The molecule has 1 saturated heterocycles. The summed E-state index contributed by atoms with van der Waals surface area (Å²) in [5.41, 5.74) is 5.58. The Labute approximate surface area is 139 Å². The molecule has 2 atom stereocenters. The zero-order chi connectivity index (χ0) is 16.5. The highest BCUT2D eigenvalue weighted by molar-refractivity contribution is 7.89. The molecule has 1 aromatic rings. The molecule has 2 unspecified atom stereocenters. The Balaban J connectivity index is 0.00000264. The van der Waals surface area contributed by atoms with E-state index in [4.69, 9.17) is 10.5 Å². The summed E-state index contributed by atoms with van der Waals surface area (Å²) < 4.78 is 71.7. The standard InChI is InChI=1S/C13H17F3N2O3S.ClH/c1-21-10-2-3-18(9(6-10)7-17)22(19,20)13-11(15)4-8(14)5-12(13)16;/h4-5,9-10H,2-3,6-7,17H2,1H3;1H. The number of methoxy groups -OCH3 is 1. The van der Waals surface area contributed by atoms with Gasteiger partial charge >= 0.3 is 0 Å². The van der Waals surface area contributed by atoms with Crippen molar-refractivity contribution in [3.8, 4) is 0 Å². The summed E-state index contributed by atoms with van der Waals surface area (Å²) in [6.45, 7) is 0.0164. The van der Waals surface area contributed by atoms with E-state index in [1.807, 2.05) is 0 Å². The fraction of sp³-hybridized carbons (Fsp3) is 0.538. The van der Waals surface area contributed by atoms with Gasteiger partial charge in [0, 0.05) is 38.4 Å². The van der Waals surface area contributed by atoms with Gasteiger partial charge in [0.15, 0.2) is 4.90 Å². The van der Waals surface area contributed by atoms with Crippen LogP contribution in [0.1, 0.15) is 12.8 Å². The smallest absolute Gasteiger partial charge is 0.249 e. The van der Waals surface area contributed by atoms with E-state index in [1.165, 1.54) is 7.11 Å². The van der Waals surface area contributed by atoms with Gasteiger partial charge < -0.3 is 10.5 Å². The normalized spacial score (nSPS) is 22.7. The lowest BCUT2D eigenvalue weighted by molar-refractivity contribution is 0.0400. The minimum absolute atomic E-state index is 0. The predicted molar refractivity (Wildman–Crippen MR) is 80.3 cm³/mol. The average molecular weight is 375 g/mol. The highest BCUT2D eigenvalue weighted by Crippen LogP contribution is 2.29. The molecule has 0 bridgehead atoms. The van der Waals surface area contributed by atoms with E-state index in [9.17, 15) is 21.6 Å². The summed E-state index contributed by atoms with van der Waals surface area (Å²) >= 11 is 0. The number of piperidine rings is 1. The van der Waals surface area contributed by atoms with Gasteiger partial charge in [-0.25, -0.2) is 21.6 Å². The summed E-state index contributed by atoms with van der Waals surface area (Å²) in [7, 11) is -2.95. The van der Waals surface area contributed by atoms with Crippen LogP contribution in [0.25, 0.3) is 0 Å². The zero-order valence-corrected chi connectivity index (χ0v) is 14.0. The van der Waals surface area contributed by atoms with Crippen LogP contribution in [0.2, 0.25) is 0 Å². The Morgan fingerprint density at radius 2 is 1.87 bits per heavy atom. The summed E-state index contributed by atoms with van der Waals surface area (Å²) in [6.07, 6.45) is 0.552. The lowest BCUT2D eigenvalue weighted by atomic mass is 10.0. The molecule has 23 heavy (non-hydrogen) atoms. The molecular weight excluding hydrogens is 357 g/mol. The van der Waals surface area contributed by atoms with Crippen LogP contribution in [-0.4, -0.2) is 45.1 Å². The van der Waals surface area contributed by atoms with Crippen molar-refractivity contribution < 1.29 is 26.3 Å². The quantitative estimate of drug-likeness (QED) is 0.869. The number of ether oxygens (including phenoxy) is 1. The number of hydrogen-bond donors (Lipinski definition) is 1. The number of benzene rings is 1. The lowest BCUT2D eigenvalue weighted by Crippen LogP contribution is -2.51. The first-order valence-corrected chi connectivity index (χ1v) is 8.14. The molecular formula is C13H18ClF3N2O3S. The van der Waals surface area contributed by atoms with E-state index < -0.39 is 38.4 Å². The third-order valence-corrected chi connectivity index (χ3v) is 5.75. The molecule has 0 amide bonds. The number of sulfonamides is 1. The van der Waals surface area contributed by atoms with Crippen LogP contribution in [0.15, 0.2) is 17.0 Å². The molecule has 2 rings (SSSR count). The maximum absolute atomic E-state index is 13.8. The van der Waals surface area contributed by atoms with Crippen molar-refractivity contribution in [3.63, 3.8) is 0 Å². The molecule has 0 aromatic heterocycles. The summed E-state index contributed by atoms with van der Waals surface area (Å²) in [5, 5.41) is 0. The number of hydrogen-bond acceptors (Lipinski definition) is 4. The molecule has 10 heteroatoms. The largest absolute Gasteiger partial charge is 0.381 e. The van der Waals surface area contributed by atoms with Crippen molar-refractivity contribution in [1.82, 2.24) is 4.31 Å². The van der Waals surface area contributed by atoms with Gasteiger partial charge in [-0.2, -0.15) is 4.31 Å². The van der Waals surface area contributed by atoms with Crippen molar-refractivity contribution in [2.75, 3.05) is 20.2 Å². The first-order valence-electron chi connectivity index (χ1n) is 6.70. The summed E-state index contributed by atoms with van der Waals surface area (Å²) in [5.74, 6) is -4.09. The minimum Gasteiger partial charge on any atom is -0.381 e. The molecule has 0 spiro atoms. The van der Waals surface area contributed by atoms with E-state index in [0.29, 0.717) is 25.0 Å². The van der Waals surface area contributed by atoms with E-state index in [2.05, 4.69) is 0 Å². The highest BCUT2D eigenvalue weighted by Gasteiger charge is 2.39. The maximum Gasteiger partial charge on any atom is 0.249 e. The van der Waals surface area contributed by atoms with Crippen molar-refractivity contribution in [1.29, 1.82) is 0 Å². The van der Waals surface area contributed by atoms with E-state index >= 15 is 0 Å². The molecule has 132 valence electrons. The second kappa shape index (κ2) is 7.80. The van der Waals surface area contributed by atoms with Gasteiger partial charge in [-0.1, -0.05) is 0 Å². The fourth-order valence-corrected chi connectivity index (χ4v) is 4.39. The number of nitrogens with zero attached hydrogens (tertiary/aromatic N) is 1. The van der Waals surface area contributed by atoms with Gasteiger partial charge in [0.25, 0.3) is 0 Å². The Bertz CT molecular complexity index is 637. The monoisotopic (exact) mass is 374 g/mol. The van der Waals surface area contributed by atoms with Gasteiger partial charge in [0.05, 0.1) is 6.10 Å². The van der Waals surface area contributed by atoms with Gasteiger partial charge in [-0.15, -0.1) is 12.4 Å². The van der Waals surface area contributed by atoms with Gasteiger partial charge in [-0.05, 0) is 12.8 Å². The van der Waals surface area contributed by atoms with Crippen molar-refractivity contribution in [2.45, 2.75) is 29.9 Å². The van der Waals surface area contributed by atoms with Gasteiger partial charge in [0.1, 0.15) is 17.5 Å².